The third-order valence-electron chi connectivity index (χ3n) is 5.86. The second kappa shape index (κ2) is 5.85. The van der Waals surface area contributed by atoms with Crippen LogP contribution in [0.3, 0.4) is 0 Å². The van der Waals surface area contributed by atoms with E-state index in [2.05, 4.69) is 88.4 Å². The Labute approximate surface area is 160 Å². The average Bonchev–Trinajstić information content (AvgIpc) is 2.65. The summed E-state index contributed by atoms with van der Waals surface area (Å²) in [6, 6.07) is 22.2. The third-order valence-corrected chi connectivity index (χ3v) is 5.86. The molecule has 0 unspecified atom stereocenters. The molecule has 0 aliphatic carbocycles. The van der Waals surface area contributed by atoms with Crippen molar-refractivity contribution in [3.63, 3.8) is 0 Å². The van der Waals surface area contributed by atoms with Crippen LogP contribution < -0.4 is 4.74 Å². The molecule has 0 fully saturated rings. The first-order valence-corrected chi connectivity index (χ1v) is 9.77. The summed E-state index contributed by atoms with van der Waals surface area (Å²) >= 11 is 0. The normalized spacial score (nSPS) is 13.7. The quantitative estimate of drug-likeness (QED) is 0.344. The lowest BCUT2D eigenvalue weighted by Gasteiger charge is -2.33. The minimum Gasteiger partial charge on any atom is -0.457 e. The number of ether oxygens (including phenoxy) is 1. The molecule has 1 aliphatic heterocycles. The summed E-state index contributed by atoms with van der Waals surface area (Å²) in [5.41, 5.74) is 5.26. The van der Waals surface area contributed by atoms with Crippen LogP contribution in [0.25, 0.3) is 21.5 Å². The van der Waals surface area contributed by atoms with E-state index in [1.165, 1.54) is 43.8 Å². The van der Waals surface area contributed by atoms with Crippen LogP contribution in [0.15, 0.2) is 60.7 Å². The zero-order valence-electron chi connectivity index (χ0n) is 16.3. The van der Waals surface area contributed by atoms with Crippen LogP contribution in [0, 0.1) is 19.8 Å². The van der Waals surface area contributed by atoms with E-state index >= 15 is 0 Å². The monoisotopic (exact) mass is 352 g/mol. The SMILES string of the molecule is Cc1ccc2c3c(ccc2c1)Oc1ccc2cc(C)ccc2c1C3C(C)C. The van der Waals surface area contributed by atoms with Gasteiger partial charge in [0.1, 0.15) is 11.5 Å². The molecule has 1 heteroatoms. The predicted molar refractivity (Wildman–Crippen MR) is 114 cm³/mol. The zero-order valence-corrected chi connectivity index (χ0v) is 16.3. The maximum Gasteiger partial charge on any atom is 0.131 e. The highest BCUT2D eigenvalue weighted by molar-refractivity contribution is 5.94. The topological polar surface area (TPSA) is 9.23 Å². The molecule has 0 N–H and O–H groups in total. The maximum absolute atomic E-state index is 6.43. The number of hydrogen-bond acceptors (Lipinski definition) is 1. The van der Waals surface area contributed by atoms with Gasteiger partial charge < -0.3 is 4.74 Å². The maximum atomic E-state index is 6.43. The third kappa shape index (κ3) is 2.45. The van der Waals surface area contributed by atoms with Crippen molar-refractivity contribution in [1.82, 2.24) is 0 Å². The summed E-state index contributed by atoms with van der Waals surface area (Å²) in [4.78, 5) is 0. The van der Waals surface area contributed by atoms with Crippen LogP contribution in [0.2, 0.25) is 0 Å². The largest absolute Gasteiger partial charge is 0.457 e. The van der Waals surface area contributed by atoms with Gasteiger partial charge in [0.15, 0.2) is 0 Å². The summed E-state index contributed by atoms with van der Waals surface area (Å²) in [5.74, 6) is 2.81. The molecule has 0 radical (unpaired) electrons. The van der Waals surface area contributed by atoms with E-state index < -0.39 is 0 Å². The highest BCUT2D eigenvalue weighted by atomic mass is 16.5. The van der Waals surface area contributed by atoms with Crippen LogP contribution in [0.1, 0.15) is 42.0 Å². The molecule has 0 saturated heterocycles. The Hall–Kier alpha value is -2.80. The Morgan fingerprint density at radius 3 is 1.59 bits per heavy atom. The second-order valence-electron chi connectivity index (χ2n) is 8.23. The average molecular weight is 352 g/mol. The molecule has 0 saturated carbocycles. The molecule has 1 heterocycles. The van der Waals surface area contributed by atoms with Crippen LogP contribution >= 0.6 is 0 Å². The van der Waals surface area contributed by atoms with Crippen molar-refractivity contribution in [1.29, 1.82) is 0 Å². The summed E-state index contributed by atoms with van der Waals surface area (Å²) in [6.45, 7) is 8.95. The van der Waals surface area contributed by atoms with Gasteiger partial charge in [0.05, 0.1) is 0 Å². The molecule has 27 heavy (non-hydrogen) atoms. The number of rotatable bonds is 1. The van der Waals surface area contributed by atoms with E-state index in [-0.39, 0.29) is 0 Å². The molecule has 5 rings (SSSR count). The molecule has 1 nitrogen and oxygen atoms in total. The van der Waals surface area contributed by atoms with E-state index in [0.29, 0.717) is 11.8 Å². The first kappa shape index (κ1) is 16.4. The fourth-order valence-corrected chi connectivity index (χ4v) is 4.66. The molecule has 4 aromatic carbocycles. The fourth-order valence-electron chi connectivity index (χ4n) is 4.66. The second-order valence-corrected chi connectivity index (χ2v) is 8.23. The molecular weight excluding hydrogens is 328 g/mol. The highest BCUT2D eigenvalue weighted by Gasteiger charge is 2.32. The fraction of sp³-hybridized carbons (Fsp3) is 0.231. The lowest BCUT2D eigenvalue weighted by atomic mass is 9.76. The molecule has 0 atom stereocenters. The van der Waals surface area contributed by atoms with Gasteiger partial charge in [-0.05, 0) is 53.4 Å². The van der Waals surface area contributed by atoms with Crippen LogP contribution in [-0.2, 0) is 0 Å². The van der Waals surface area contributed by atoms with Crippen LogP contribution in [-0.4, -0.2) is 0 Å². The predicted octanol–water partition coefficient (Wildman–Crippen LogP) is 7.50. The molecule has 4 aromatic rings. The molecule has 134 valence electrons. The van der Waals surface area contributed by atoms with Gasteiger partial charge in [-0.1, -0.05) is 73.5 Å². The van der Waals surface area contributed by atoms with Crippen molar-refractivity contribution in [3.05, 3.63) is 82.9 Å². The van der Waals surface area contributed by atoms with Crippen LogP contribution in [0.5, 0.6) is 11.5 Å². The molecule has 1 aliphatic rings. The minimum absolute atomic E-state index is 0.321. The summed E-state index contributed by atoms with van der Waals surface area (Å²) < 4.78 is 6.43. The van der Waals surface area contributed by atoms with Gasteiger partial charge in [0.25, 0.3) is 0 Å². The van der Waals surface area contributed by atoms with E-state index in [1.54, 1.807) is 0 Å². The number of hydrogen-bond donors (Lipinski definition) is 0. The number of fused-ring (bicyclic) bond motifs is 6. The number of aryl methyl sites for hydroxylation is 2. The van der Waals surface area contributed by atoms with E-state index in [4.69, 9.17) is 4.74 Å². The van der Waals surface area contributed by atoms with E-state index in [9.17, 15) is 0 Å². The smallest absolute Gasteiger partial charge is 0.131 e. The van der Waals surface area contributed by atoms with Crippen molar-refractivity contribution in [2.45, 2.75) is 33.6 Å². The Morgan fingerprint density at radius 1 is 0.667 bits per heavy atom. The molecule has 0 spiro atoms. The zero-order chi connectivity index (χ0) is 18.7. The van der Waals surface area contributed by atoms with Crippen molar-refractivity contribution < 1.29 is 4.74 Å². The first-order valence-electron chi connectivity index (χ1n) is 9.77. The van der Waals surface area contributed by atoms with Crippen molar-refractivity contribution >= 4 is 21.5 Å². The summed E-state index contributed by atoms with van der Waals surface area (Å²) in [5, 5.41) is 5.21. The Kier molecular flexibility index (Phi) is 3.55. The van der Waals surface area contributed by atoms with E-state index in [0.717, 1.165) is 11.5 Å². The molecule has 0 aromatic heterocycles. The lowest BCUT2D eigenvalue weighted by Crippen LogP contribution is -2.16. The Bertz CT molecular complexity index is 1110. The van der Waals surface area contributed by atoms with Crippen molar-refractivity contribution in [2.75, 3.05) is 0 Å². The van der Waals surface area contributed by atoms with E-state index in [1.807, 2.05) is 0 Å². The summed E-state index contributed by atoms with van der Waals surface area (Å²) in [6.07, 6.45) is 0. The molecule has 0 amide bonds. The number of benzene rings is 4. The van der Waals surface area contributed by atoms with Gasteiger partial charge in [-0.25, -0.2) is 0 Å². The highest BCUT2D eigenvalue weighted by Crippen LogP contribution is 2.52. The van der Waals surface area contributed by atoms with Gasteiger partial charge >= 0.3 is 0 Å². The lowest BCUT2D eigenvalue weighted by molar-refractivity contribution is 0.424. The van der Waals surface area contributed by atoms with Gasteiger partial charge in [-0.15, -0.1) is 0 Å². The van der Waals surface area contributed by atoms with Gasteiger partial charge in [0, 0.05) is 17.0 Å². The Morgan fingerprint density at radius 2 is 1.15 bits per heavy atom. The van der Waals surface area contributed by atoms with Crippen molar-refractivity contribution in [2.24, 2.45) is 5.92 Å². The summed E-state index contributed by atoms with van der Waals surface area (Å²) in [7, 11) is 0. The molecular formula is C26H24O. The van der Waals surface area contributed by atoms with Gasteiger partial charge in [0.2, 0.25) is 0 Å². The minimum atomic E-state index is 0.321. The van der Waals surface area contributed by atoms with Gasteiger partial charge in [-0.3, -0.25) is 0 Å². The standard InChI is InChI=1S/C26H24O/c1-15(2)24-25-20-9-5-16(3)13-18(20)7-11-22(25)27-23-12-8-19-14-17(4)6-10-21(19)26(23)24/h5-15,24H,1-4H3. The van der Waals surface area contributed by atoms with Crippen LogP contribution in [0.4, 0.5) is 0 Å². The first-order chi connectivity index (χ1) is 13.0. The Balaban J connectivity index is 1.87. The molecule has 0 bridgehead atoms. The van der Waals surface area contributed by atoms with Gasteiger partial charge in [-0.2, -0.15) is 0 Å². The van der Waals surface area contributed by atoms with Crippen molar-refractivity contribution in [3.8, 4) is 11.5 Å².